The fraction of sp³-hybridized carbons (Fsp3) is 0.227. The summed E-state index contributed by atoms with van der Waals surface area (Å²) in [5.74, 6) is 1.00. The van der Waals surface area contributed by atoms with Gasteiger partial charge in [0.2, 0.25) is 0 Å². The molecular weight excluding hydrogens is 358 g/mol. The Labute approximate surface area is 163 Å². The maximum atomic E-state index is 12.8. The van der Waals surface area contributed by atoms with Crippen LogP contribution in [-0.2, 0) is 0 Å². The first-order valence-corrected chi connectivity index (χ1v) is 9.52. The predicted octanol–water partition coefficient (Wildman–Crippen LogP) is 4.82. The molecule has 1 atom stereocenters. The molecule has 0 saturated carbocycles. The lowest BCUT2D eigenvalue weighted by Crippen LogP contribution is -2.39. The molecule has 1 aliphatic heterocycles. The highest BCUT2D eigenvalue weighted by molar-refractivity contribution is 6.30. The van der Waals surface area contributed by atoms with Gasteiger partial charge in [0.25, 0.3) is 5.91 Å². The zero-order valence-electron chi connectivity index (χ0n) is 14.9. The maximum Gasteiger partial charge on any atom is 0.253 e. The molecule has 1 aliphatic rings. The molecule has 2 heterocycles. The van der Waals surface area contributed by atoms with Crippen LogP contribution >= 0.6 is 11.6 Å². The Bertz CT molecular complexity index is 928. The minimum Gasteiger partial charge on any atom is -0.338 e. The average Bonchev–Trinajstić information content (AvgIpc) is 2.75. The quantitative estimate of drug-likeness (QED) is 0.657. The molecule has 5 heteroatoms. The second-order valence-corrected chi connectivity index (χ2v) is 7.20. The van der Waals surface area contributed by atoms with E-state index in [1.54, 1.807) is 24.3 Å². The summed E-state index contributed by atoms with van der Waals surface area (Å²) in [7, 11) is 0. The molecule has 0 bridgehead atoms. The van der Waals surface area contributed by atoms with Crippen molar-refractivity contribution in [3.63, 3.8) is 0 Å². The van der Waals surface area contributed by atoms with Crippen LogP contribution < -0.4 is 0 Å². The minimum absolute atomic E-state index is 0.0497. The highest BCUT2D eigenvalue weighted by atomic mass is 35.5. The van der Waals surface area contributed by atoms with Crippen LogP contribution in [0.5, 0.6) is 0 Å². The van der Waals surface area contributed by atoms with Crippen LogP contribution in [0.4, 0.5) is 0 Å². The van der Waals surface area contributed by atoms with Gasteiger partial charge in [0, 0.05) is 47.0 Å². The Morgan fingerprint density at radius 1 is 1.04 bits per heavy atom. The average molecular weight is 378 g/mol. The first-order chi connectivity index (χ1) is 13.2. The van der Waals surface area contributed by atoms with E-state index < -0.39 is 0 Å². The zero-order chi connectivity index (χ0) is 18.6. The van der Waals surface area contributed by atoms with E-state index in [0.717, 1.165) is 36.5 Å². The Morgan fingerprint density at radius 3 is 2.59 bits per heavy atom. The second kappa shape index (κ2) is 7.89. The number of hydrogen-bond acceptors (Lipinski definition) is 3. The Balaban J connectivity index is 1.53. The number of halogens is 1. The van der Waals surface area contributed by atoms with Gasteiger partial charge in [-0.05, 0) is 43.2 Å². The number of carbonyl (C=O) groups excluding carboxylic acids is 1. The standard InChI is InChI=1S/C22H20ClN3O/c23-19-10-8-17(9-11-19)22(27)26-14-4-7-18(15-26)20-12-13-24-21(25-20)16-5-2-1-3-6-16/h1-3,5-6,8-13,18H,4,7,14-15H2/t18-/m1/s1. The van der Waals surface area contributed by atoms with Crippen LogP contribution in [0, 0.1) is 0 Å². The molecule has 3 aromatic rings. The number of hydrogen-bond donors (Lipinski definition) is 0. The van der Waals surface area contributed by atoms with Gasteiger partial charge in [0.05, 0.1) is 0 Å². The van der Waals surface area contributed by atoms with Gasteiger partial charge in [-0.15, -0.1) is 0 Å². The van der Waals surface area contributed by atoms with Gasteiger partial charge in [-0.1, -0.05) is 41.9 Å². The Kier molecular flexibility index (Phi) is 5.16. The van der Waals surface area contributed by atoms with Gasteiger partial charge < -0.3 is 4.90 Å². The van der Waals surface area contributed by atoms with Crippen molar-refractivity contribution in [3.8, 4) is 11.4 Å². The molecule has 2 aromatic carbocycles. The Morgan fingerprint density at radius 2 is 1.81 bits per heavy atom. The summed E-state index contributed by atoms with van der Waals surface area (Å²) < 4.78 is 0. The summed E-state index contributed by atoms with van der Waals surface area (Å²) in [5, 5.41) is 0.637. The molecule has 136 valence electrons. The largest absolute Gasteiger partial charge is 0.338 e. The van der Waals surface area contributed by atoms with E-state index in [1.165, 1.54) is 0 Å². The fourth-order valence-electron chi connectivity index (χ4n) is 3.50. The number of carbonyl (C=O) groups is 1. The fourth-order valence-corrected chi connectivity index (χ4v) is 3.63. The van der Waals surface area contributed by atoms with Crippen molar-refractivity contribution in [1.29, 1.82) is 0 Å². The summed E-state index contributed by atoms with van der Waals surface area (Å²) >= 11 is 5.93. The van der Waals surface area contributed by atoms with Crippen molar-refractivity contribution in [2.45, 2.75) is 18.8 Å². The number of nitrogens with zero attached hydrogens (tertiary/aromatic N) is 3. The van der Waals surface area contributed by atoms with E-state index in [-0.39, 0.29) is 11.8 Å². The molecule has 4 rings (SSSR count). The van der Waals surface area contributed by atoms with Gasteiger partial charge in [-0.25, -0.2) is 9.97 Å². The van der Waals surface area contributed by atoms with Crippen molar-refractivity contribution >= 4 is 17.5 Å². The third-order valence-corrected chi connectivity index (χ3v) is 5.18. The number of likely N-dealkylation sites (tertiary alicyclic amines) is 1. The number of piperidine rings is 1. The Hall–Kier alpha value is -2.72. The van der Waals surface area contributed by atoms with Crippen LogP contribution in [0.1, 0.15) is 34.8 Å². The highest BCUT2D eigenvalue weighted by Crippen LogP contribution is 2.28. The molecule has 0 radical (unpaired) electrons. The van der Waals surface area contributed by atoms with E-state index in [2.05, 4.69) is 4.98 Å². The van der Waals surface area contributed by atoms with E-state index >= 15 is 0 Å². The second-order valence-electron chi connectivity index (χ2n) is 6.77. The molecule has 0 aliphatic carbocycles. The molecule has 27 heavy (non-hydrogen) atoms. The van der Waals surface area contributed by atoms with Gasteiger partial charge >= 0.3 is 0 Å². The number of rotatable bonds is 3. The summed E-state index contributed by atoms with van der Waals surface area (Å²) in [6.45, 7) is 1.45. The minimum atomic E-state index is 0.0497. The summed E-state index contributed by atoms with van der Waals surface area (Å²) in [6.07, 6.45) is 3.80. The number of benzene rings is 2. The highest BCUT2D eigenvalue weighted by Gasteiger charge is 2.26. The smallest absolute Gasteiger partial charge is 0.253 e. The van der Waals surface area contributed by atoms with Crippen molar-refractivity contribution in [2.24, 2.45) is 0 Å². The third kappa shape index (κ3) is 4.01. The van der Waals surface area contributed by atoms with Crippen LogP contribution in [0.25, 0.3) is 11.4 Å². The van der Waals surface area contributed by atoms with Gasteiger partial charge in [0.1, 0.15) is 0 Å². The van der Waals surface area contributed by atoms with E-state index in [1.807, 2.05) is 47.5 Å². The van der Waals surface area contributed by atoms with Crippen molar-refractivity contribution in [2.75, 3.05) is 13.1 Å². The topological polar surface area (TPSA) is 46.1 Å². The molecule has 4 nitrogen and oxygen atoms in total. The lowest BCUT2D eigenvalue weighted by Gasteiger charge is -2.32. The van der Waals surface area contributed by atoms with E-state index in [4.69, 9.17) is 16.6 Å². The van der Waals surface area contributed by atoms with Gasteiger partial charge in [0.15, 0.2) is 5.82 Å². The van der Waals surface area contributed by atoms with E-state index in [9.17, 15) is 4.79 Å². The molecular formula is C22H20ClN3O. The van der Waals surface area contributed by atoms with E-state index in [0.29, 0.717) is 17.1 Å². The third-order valence-electron chi connectivity index (χ3n) is 4.93. The van der Waals surface area contributed by atoms with Crippen molar-refractivity contribution in [1.82, 2.24) is 14.9 Å². The number of aromatic nitrogens is 2. The number of amides is 1. The zero-order valence-corrected chi connectivity index (χ0v) is 15.6. The molecule has 1 amide bonds. The molecule has 1 saturated heterocycles. The maximum absolute atomic E-state index is 12.8. The summed E-state index contributed by atoms with van der Waals surface area (Å²) in [4.78, 5) is 23.9. The van der Waals surface area contributed by atoms with Crippen LogP contribution in [0.2, 0.25) is 5.02 Å². The van der Waals surface area contributed by atoms with Crippen LogP contribution in [-0.4, -0.2) is 33.9 Å². The molecule has 1 fully saturated rings. The lowest BCUT2D eigenvalue weighted by molar-refractivity contribution is 0.0706. The first kappa shape index (κ1) is 17.7. The predicted molar refractivity (Wildman–Crippen MR) is 107 cm³/mol. The van der Waals surface area contributed by atoms with Gasteiger partial charge in [-0.3, -0.25) is 4.79 Å². The monoisotopic (exact) mass is 377 g/mol. The first-order valence-electron chi connectivity index (χ1n) is 9.14. The summed E-state index contributed by atoms with van der Waals surface area (Å²) in [5.41, 5.74) is 2.68. The van der Waals surface area contributed by atoms with Crippen molar-refractivity contribution < 1.29 is 4.79 Å². The molecule has 1 aromatic heterocycles. The van der Waals surface area contributed by atoms with Crippen LogP contribution in [0.3, 0.4) is 0 Å². The lowest BCUT2D eigenvalue weighted by atomic mass is 9.94. The molecule has 0 unspecified atom stereocenters. The van der Waals surface area contributed by atoms with Crippen LogP contribution in [0.15, 0.2) is 66.9 Å². The molecule has 0 N–H and O–H groups in total. The SMILES string of the molecule is O=C(c1ccc(Cl)cc1)N1CCC[C@@H](c2ccnc(-c3ccccc3)n2)C1. The van der Waals surface area contributed by atoms with Crippen molar-refractivity contribution in [3.05, 3.63) is 83.1 Å². The summed E-state index contributed by atoms with van der Waals surface area (Å²) in [6, 6.07) is 19.0. The normalized spacial score (nSPS) is 16.9. The van der Waals surface area contributed by atoms with Gasteiger partial charge in [-0.2, -0.15) is 0 Å². The molecule has 0 spiro atoms.